The summed E-state index contributed by atoms with van der Waals surface area (Å²) in [6.07, 6.45) is 0. The van der Waals surface area contributed by atoms with E-state index in [-0.39, 0.29) is 24.8 Å². The molecule has 6 heteroatoms. The van der Waals surface area contributed by atoms with Crippen LogP contribution in [0.5, 0.6) is 0 Å². The minimum atomic E-state index is 0. The number of benzene rings is 1. The molecule has 0 radical (unpaired) electrons. The molecule has 0 unspecified atom stereocenters. The first kappa shape index (κ1) is 13.7. The first-order valence-corrected chi connectivity index (χ1v) is 4.01. The Hall–Kier alpha value is -1.26. The number of hydrogen-bond donors (Lipinski definition) is 2. The van der Waals surface area contributed by atoms with Crippen LogP contribution in [0, 0.1) is 0 Å². The third kappa shape index (κ3) is 2.61. The molecule has 2 rings (SSSR count). The summed E-state index contributed by atoms with van der Waals surface area (Å²) in [4.78, 5) is 8.19. The number of nitrogens with zero attached hydrogens (tertiary/aromatic N) is 2. The summed E-state index contributed by atoms with van der Waals surface area (Å²) in [7, 11) is 1.81. The van der Waals surface area contributed by atoms with Crippen LogP contribution in [0.3, 0.4) is 0 Å². The molecule has 82 valence electrons. The maximum absolute atomic E-state index is 5.54. The molecular weight excluding hydrogens is 235 g/mol. The Labute approximate surface area is 100 Å². The van der Waals surface area contributed by atoms with Crippen molar-refractivity contribution in [3.8, 4) is 0 Å². The van der Waals surface area contributed by atoms with E-state index in [0.717, 1.165) is 16.7 Å². The van der Waals surface area contributed by atoms with E-state index in [2.05, 4.69) is 15.3 Å². The Kier molecular flexibility index (Phi) is 5.11. The van der Waals surface area contributed by atoms with Crippen molar-refractivity contribution in [2.24, 2.45) is 0 Å². The topological polar surface area (TPSA) is 63.8 Å². The number of anilines is 2. The van der Waals surface area contributed by atoms with Crippen LogP contribution in [0.4, 0.5) is 11.8 Å². The van der Waals surface area contributed by atoms with Crippen molar-refractivity contribution in [3.63, 3.8) is 0 Å². The van der Waals surface area contributed by atoms with Crippen LogP contribution in [0.25, 0.3) is 10.9 Å². The highest BCUT2D eigenvalue weighted by Gasteiger charge is 2.02. The zero-order valence-corrected chi connectivity index (χ0v) is 9.73. The largest absolute Gasteiger partial charge is 0.372 e. The van der Waals surface area contributed by atoms with Gasteiger partial charge in [0, 0.05) is 12.4 Å². The predicted octanol–water partition coefficient (Wildman–Crippen LogP) is 2.10. The number of nitrogen functional groups attached to an aromatic ring is 1. The van der Waals surface area contributed by atoms with Crippen LogP contribution < -0.4 is 11.1 Å². The first-order valence-electron chi connectivity index (χ1n) is 4.01. The van der Waals surface area contributed by atoms with E-state index in [0.29, 0.717) is 5.95 Å². The SMILES string of the molecule is CNc1nc(N)nc2ccccc12.Cl.Cl. The molecule has 0 saturated carbocycles. The highest BCUT2D eigenvalue weighted by atomic mass is 35.5. The van der Waals surface area contributed by atoms with E-state index in [9.17, 15) is 0 Å². The molecule has 0 saturated heterocycles. The first-order chi connectivity index (χ1) is 6.31. The van der Waals surface area contributed by atoms with Crippen molar-refractivity contribution in [3.05, 3.63) is 24.3 Å². The average molecular weight is 247 g/mol. The zero-order chi connectivity index (χ0) is 9.26. The Bertz CT molecular complexity index is 447. The number of halogens is 2. The monoisotopic (exact) mass is 246 g/mol. The molecule has 1 aromatic heterocycles. The van der Waals surface area contributed by atoms with Gasteiger partial charge in [0.05, 0.1) is 5.52 Å². The molecule has 0 fully saturated rings. The molecule has 0 aliphatic heterocycles. The summed E-state index contributed by atoms with van der Waals surface area (Å²) in [5.74, 6) is 1.06. The number of fused-ring (bicyclic) bond motifs is 1. The van der Waals surface area contributed by atoms with Crippen molar-refractivity contribution in [2.75, 3.05) is 18.1 Å². The van der Waals surface area contributed by atoms with Crippen LogP contribution >= 0.6 is 24.8 Å². The normalized spacial score (nSPS) is 8.87. The van der Waals surface area contributed by atoms with Crippen molar-refractivity contribution >= 4 is 47.5 Å². The van der Waals surface area contributed by atoms with Gasteiger partial charge in [-0.3, -0.25) is 0 Å². The van der Waals surface area contributed by atoms with Crippen molar-refractivity contribution < 1.29 is 0 Å². The fourth-order valence-corrected chi connectivity index (χ4v) is 1.29. The van der Waals surface area contributed by atoms with E-state index >= 15 is 0 Å². The molecule has 15 heavy (non-hydrogen) atoms. The Balaban J connectivity index is 0.000000980. The molecule has 1 heterocycles. The van der Waals surface area contributed by atoms with Crippen molar-refractivity contribution in [1.29, 1.82) is 0 Å². The van der Waals surface area contributed by atoms with Gasteiger partial charge in [-0.05, 0) is 12.1 Å². The number of nitrogens with two attached hydrogens (primary N) is 1. The molecule has 0 atom stereocenters. The van der Waals surface area contributed by atoms with Crippen molar-refractivity contribution in [1.82, 2.24) is 9.97 Å². The van der Waals surface area contributed by atoms with Crippen LogP contribution in [-0.4, -0.2) is 17.0 Å². The molecule has 0 aliphatic carbocycles. The summed E-state index contributed by atoms with van der Waals surface area (Å²) in [6, 6.07) is 7.74. The number of para-hydroxylation sites is 1. The van der Waals surface area contributed by atoms with Gasteiger partial charge in [0.2, 0.25) is 5.95 Å². The molecule has 4 nitrogen and oxygen atoms in total. The smallest absolute Gasteiger partial charge is 0.222 e. The minimum Gasteiger partial charge on any atom is -0.372 e. The second-order valence-corrected chi connectivity index (χ2v) is 2.70. The maximum Gasteiger partial charge on any atom is 0.222 e. The van der Waals surface area contributed by atoms with Gasteiger partial charge in [-0.25, -0.2) is 4.98 Å². The van der Waals surface area contributed by atoms with Gasteiger partial charge < -0.3 is 11.1 Å². The van der Waals surface area contributed by atoms with E-state index in [4.69, 9.17) is 5.73 Å². The lowest BCUT2D eigenvalue weighted by Gasteiger charge is -2.04. The molecule has 0 aliphatic rings. The van der Waals surface area contributed by atoms with E-state index in [1.165, 1.54) is 0 Å². The molecule has 1 aromatic carbocycles. The lowest BCUT2D eigenvalue weighted by Crippen LogP contribution is -2.00. The quantitative estimate of drug-likeness (QED) is 0.809. The zero-order valence-electron chi connectivity index (χ0n) is 8.10. The molecule has 3 N–H and O–H groups in total. The van der Waals surface area contributed by atoms with Crippen molar-refractivity contribution in [2.45, 2.75) is 0 Å². The highest BCUT2D eigenvalue weighted by molar-refractivity contribution is 5.89. The van der Waals surface area contributed by atoms with Gasteiger partial charge in [0.15, 0.2) is 0 Å². The number of rotatable bonds is 1. The van der Waals surface area contributed by atoms with E-state index in [1.54, 1.807) is 0 Å². The lowest BCUT2D eigenvalue weighted by atomic mass is 10.2. The summed E-state index contributed by atoms with van der Waals surface area (Å²) in [5.41, 5.74) is 6.40. The van der Waals surface area contributed by atoms with Gasteiger partial charge in [0.25, 0.3) is 0 Å². The fourth-order valence-electron chi connectivity index (χ4n) is 1.29. The van der Waals surface area contributed by atoms with Crippen LogP contribution in [0.15, 0.2) is 24.3 Å². The van der Waals surface area contributed by atoms with E-state index < -0.39 is 0 Å². The summed E-state index contributed by atoms with van der Waals surface area (Å²) in [5, 5.41) is 3.97. The van der Waals surface area contributed by atoms with Gasteiger partial charge in [0.1, 0.15) is 5.82 Å². The Morgan fingerprint density at radius 3 is 2.47 bits per heavy atom. The molecule has 0 bridgehead atoms. The molecule has 2 aromatic rings. The third-order valence-corrected chi connectivity index (χ3v) is 1.86. The molecular formula is C9H12Cl2N4. The van der Waals surface area contributed by atoms with Gasteiger partial charge in [-0.15, -0.1) is 24.8 Å². The van der Waals surface area contributed by atoms with E-state index in [1.807, 2.05) is 31.3 Å². The molecule has 0 amide bonds. The Morgan fingerprint density at radius 1 is 1.13 bits per heavy atom. The fraction of sp³-hybridized carbons (Fsp3) is 0.111. The van der Waals surface area contributed by atoms with Crippen LogP contribution in [0.1, 0.15) is 0 Å². The second kappa shape index (κ2) is 5.58. The van der Waals surface area contributed by atoms with Crippen LogP contribution in [-0.2, 0) is 0 Å². The molecule has 0 spiro atoms. The van der Waals surface area contributed by atoms with Gasteiger partial charge in [-0.1, -0.05) is 12.1 Å². The maximum atomic E-state index is 5.54. The Morgan fingerprint density at radius 2 is 1.80 bits per heavy atom. The standard InChI is InChI=1S/C9H10N4.2ClH/c1-11-8-6-4-2-3-5-7(6)12-9(10)13-8;;/h2-5H,1H3,(H3,10,11,12,13);2*1H. The van der Waals surface area contributed by atoms with Gasteiger partial charge in [-0.2, -0.15) is 4.98 Å². The summed E-state index contributed by atoms with van der Waals surface area (Å²) >= 11 is 0. The highest BCUT2D eigenvalue weighted by Crippen LogP contribution is 2.19. The number of hydrogen-bond acceptors (Lipinski definition) is 4. The number of aromatic nitrogens is 2. The minimum absolute atomic E-state index is 0. The van der Waals surface area contributed by atoms with Gasteiger partial charge >= 0.3 is 0 Å². The second-order valence-electron chi connectivity index (χ2n) is 2.70. The predicted molar refractivity (Wildman–Crippen MR) is 68.0 cm³/mol. The third-order valence-electron chi connectivity index (χ3n) is 1.86. The lowest BCUT2D eigenvalue weighted by molar-refractivity contribution is 1.22. The summed E-state index contributed by atoms with van der Waals surface area (Å²) < 4.78 is 0. The number of nitrogens with one attached hydrogen (secondary N) is 1. The average Bonchev–Trinajstić information content (AvgIpc) is 2.16. The van der Waals surface area contributed by atoms with Crippen LogP contribution in [0.2, 0.25) is 0 Å². The summed E-state index contributed by atoms with van der Waals surface area (Å²) in [6.45, 7) is 0.